The molecule has 0 aliphatic heterocycles. The molecule has 0 amide bonds. The van der Waals surface area contributed by atoms with Gasteiger partial charge in [0.05, 0.1) is 15.6 Å². The highest BCUT2D eigenvalue weighted by Crippen LogP contribution is 2.34. The van der Waals surface area contributed by atoms with Crippen LogP contribution in [0.3, 0.4) is 0 Å². The van der Waals surface area contributed by atoms with Crippen LogP contribution in [0, 0.1) is 0 Å². The smallest absolute Gasteiger partial charge is 0.0923 e. The van der Waals surface area contributed by atoms with Crippen LogP contribution in [0.2, 0.25) is 15.1 Å². The van der Waals surface area contributed by atoms with Crippen LogP contribution in [0.5, 0.6) is 0 Å². The Labute approximate surface area is 141 Å². The Bertz CT molecular complexity index is 641. The predicted octanol–water partition coefficient (Wildman–Crippen LogP) is 5.86. The number of hydrogen-bond acceptors (Lipinski definition) is 1. The van der Waals surface area contributed by atoms with Crippen LogP contribution in [-0.4, -0.2) is 5.11 Å². The van der Waals surface area contributed by atoms with Crippen molar-refractivity contribution in [1.29, 1.82) is 0 Å². The number of hydrogen-bond donors (Lipinski definition) is 1. The fraction of sp³-hybridized carbons (Fsp3) is 0.200. The molecule has 106 valence electrons. The molecule has 0 spiro atoms. The largest absolute Gasteiger partial charge is 0.385 e. The van der Waals surface area contributed by atoms with Crippen molar-refractivity contribution in [3.05, 3.63) is 67.1 Å². The minimum Gasteiger partial charge on any atom is -0.385 e. The van der Waals surface area contributed by atoms with Gasteiger partial charge in [0.25, 0.3) is 0 Å². The second kappa shape index (κ2) is 6.25. The molecule has 1 atom stereocenters. The Morgan fingerprint density at radius 2 is 1.70 bits per heavy atom. The van der Waals surface area contributed by atoms with Gasteiger partial charge in [-0.3, -0.25) is 0 Å². The molecule has 0 saturated heterocycles. The molecular weight excluding hydrogens is 382 g/mol. The Kier molecular flexibility index (Phi) is 5.04. The van der Waals surface area contributed by atoms with Gasteiger partial charge in [-0.05, 0) is 36.8 Å². The third-order valence-corrected chi connectivity index (χ3v) is 4.59. The van der Waals surface area contributed by atoms with E-state index in [1.165, 1.54) is 0 Å². The molecule has 0 aliphatic rings. The first kappa shape index (κ1) is 16.1. The molecular formula is C15H12BrCl3O. The lowest BCUT2D eigenvalue weighted by atomic mass is 9.89. The number of aliphatic hydroxyl groups is 1. The lowest BCUT2D eigenvalue weighted by Crippen LogP contribution is -2.24. The van der Waals surface area contributed by atoms with E-state index >= 15 is 0 Å². The van der Waals surface area contributed by atoms with Gasteiger partial charge in [-0.1, -0.05) is 62.9 Å². The van der Waals surface area contributed by atoms with E-state index in [0.717, 1.165) is 10.0 Å². The van der Waals surface area contributed by atoms with Crippen molar-refractivity contribution in [1.82, 2.24) is 0 Å². The highest BCUT2D eigenvalue weighted by molar-refractivity contribution is 9.10. The second-order valence-corrected chi connectivity index (χ2v) is 6.96. The zero-order chi connectivity index (χ0) is 14.9. The van der Waals surface area contributed by atoms with Crippen LogP contribution >= 0.6 is 50.7 Å². The summed E-state index contributed by atoms with van der Waals surface area (Å²) in [5.74, 6) is 0. The summed E-state index contributed by atoms with van der Waals surface area (Å²) in [5.41, 5.74) is 0.478. The van der Waals surface area contributed by atoms with Gasteiger partial charge < -0.3 is 5.11 Å². The number of benzene rings is 2. The second-order valence-electron chi connectivity index (χ2n) is 4.82. The molecule has 0 fully saturated rings. The van der Waals surface area contributed by atoms with Crippen LogP contribution in [0.4, 0.5) is 0 Å². The maximum atomic E-state index is 10.7. The van der Waals surface area contributed by atoms with Crippen molar-refractivity contribution in [2.75, 3.05) is 0 Å². The summed E-state index contributed by atoms with van der Waals surface area (Å²) in [7, 11) is 0. The standard InChI is InChI=1S/C15H12BrCl3O/c1-15(20,11-4-3-10(16)7-13(11)18)8-9-2-5-12(17)14(19)6-9/h2-7,20H,8H2,1H3. The number of rotatable bonds is 3. The first-order valence-electron chi connectivity index (χ1n) is 5.91. The van der Waals surface area contributed by atoms with Crippen LogP contribution in [-0.2, 0) is 12.0 Å². The van der Waals surface area contributed by atoms with Gasteiger partial charge in [0.2, 0.25) is 0 Å². The Balaban J connectivity index is 2.32. The molecule has 20 heavy (non-hydrogen) atoms. The SMILES string of the molecule is CC(O)(Cc1ccc(Cl)c(Cl)c1)c1ccc(Br)cc1Cl. The molecule has 0 radical (unpaired) electrons. The summed E-state index contributed by atoms with van der Waals surface area (Å²) >= 11 is 21.4. The summed E-state index contributed by atoms with van der Waals surface area (Å²) < 4.78 is 0.872. The lowest BCUT2D eigenvalue weighted by molar-refractivity contribution is 0.0577. The Morgan fingerprint density at radius 3 is 2.30 bits per heavy atom. The first-order valence-corrected chi connectivity index (χ1v) is 7.84. The van der Waals surface area contributed by atoms with Gasteiger partial charge in [-0.2, -0.15) is 0 Å². The highest BCUT2D eigenvalue weighted by atomic mass is 79.9. The molecule has 0 aromatic heterocycles. The molecule has 1 unspecified atom stereocenters. The van der Waals surface area contributed by atoms with Crippen molar-refractivity contribution < 1.29 is 5.11 Å². The third kappa shape index (κ3) is 3.69. The minimum atomic E-state index is -1.09. The summed E-state index contributed by atoms with van der Waals surface area (Å²) in [5, 5.41) is 12.2. The molecule has 0 aliphatic carbocycles. The predicted molar refractivity (Wildman–Crippen MR) is 88.9 cm³/mol. The van der Waals surface area contributed by atoms with Crippen molar-refractivity contribution in [3.8, 4) is 0 Å². The van der Waals surface area contributed by atoms with Gasteiger partial charge in [-0.15, -0.1) is 0 Å². The van der Waals surface area contributed by atoms with E-state index in [2.05, 4.69) is 15.9 Å². The molecule has 2 aromatic carbocycles. The average Bonchev–Trinajstić information content (AvgIpc) is 2.33. The van der Waals surface area contributed by atoms with Gasteiger partial charge in [0, 0.05) is 21.5 Å². The fourth-order valence-corrected chi connectivity index (χ4v) is 3.27. The summed E-state index contributed by atoms with van der Waals surface area (Å²) in [6.07, 6.45) is 0.394. The normalized spacial score (nSPS) is 14.1. The van der Waals surface area contributed by atoms with Crippen molar-refractivity contribution >= 4 is 50.7 Å². The molecule has 2 aromatic rings. The monoisotopic (exact) mass is 392 g/mol. The van der Waals surface area contributed by atoms with Gasteiger partial charge in [0.15, 0.2) is 0 Å². The fourth-order valence-electron chi connectivity index (χ4n) is 2.07. The van der Waals surface area contributed by atoms with E-state index < -0.39 is 5.60 Å². The van der Waals surface area contributed by atoms with E-state index in [4.69, 9.17) is 34.8 Å². The zero-order valence-corrected chi connectivity index (χ0v) is 14.5. The molecule has 0 saturated carbocycles. The van der Waals surface area contributed by atoms with E-state index in [1.54, 1.807) is 25.1 Å². The lowest BCUT2D eigenvalue weighted by Gasteiger charge is -2.25. The first-order chi connectivity index (χ1) is 9.29. The highest BCUT2D eigenvalue weighted by Gasteiger charge is 2.26. The van der Waals surface area contributed by atoms with Crippen molar-refractivity contribution in [2.24, 2.45) is 0 Å². The zero-order valence-electron chi connectivity index (χ0n) is 10.6. The molecule has 1 N–H and O–H groups in total. The molecule has 1 nitrogen and oxygen atoms in total. The molecule has 2 rings (SSSR count). The molecule has 5 heteroatoms. The van der Waals surface area contributed by atoms with E-state index in [-0.39, 0.29) is 0 Å². The van der Waals surface area contributed by atoms with E-state index in [1.807, 2.05) is 18.2 Å². The van der Waals surface area contributed by atoms with E-state index in [0.29, 0.717) is 27.1 Å². The Morgan fingerprint density at radius 1 is 1.00 bits per heavy atom. The maximum Gasteiger partial charge on any atom is 0.0923 e. The van der Waals surface area contributed by atoms with Crippen molar-refractivity contribution in [2.45, 2.75) is 18.9 Å². The maximum absolute atomic E-state index is 10.7. The topological polar surface area (TPSA) is 20.2 Å². The molecule has 0 heterocycles. The van der Waals surface area contributed by atoms with Crippen LogP contribution in [0.15, 0.2) is 40.9 Å². The Hall–Kier alpha value is -0.250. The number of halogens is 4. The van der Waals surface area contributed by atoms with Crippen LogP contribution in [0.25, 0.3) is 0 Å². The quantitative estimate of drug-likeness (QED) is 0.691. The summed E-state index contributed by atoms with van der Waals surface area (Å²) in [6.45, 7) is 1.73. The van der Waals surface area contributed by atoms with Crippen LogP contribution < -0.4 is 0 Å². The third-order valence-electron chi connectivity index (χ3n) is 3.04. The summed E-state index contributed by atoms with van der Waals surface area (Å²) in [4.78, 5) is 0. The minimum absolute atomic E-state index is 0.394. The van der Waals surface area contributed by atoms with Gasteiger partial charge >= 0.3 is 0 Å². The van der Waals surface area contributed by atoms with Crippen LogP contribution in [0.1, 0.15) is 18.1 Å². The average molecular weight is 395 g/mol. The van der Waals surface area contributed by atoms with Gasteiger partial charge in [0.1, 0.15) is 0 Å². The van der Waals surface area contributed by atoms with E-state index in [9.17, 15) is 5.11 Å². The van der Waals surface area contributed by atoms with Gasteiger partial charge in [-0.25, -0.2) is 0 Å². The summed E-state index contributed by atoms with van der Waals surface area (Å²) in [6, 6.07) is 10.7. The van der Waals surface area contributed by atoms with Crippen molar-refractivity contribution in [3.63, 3.8) is 0 Å². The molecule has 0 bridgehead atoms.